The number of rotatable bonds is 5. The van der Waals surface area contributed by atoms with Crippen LogP contribution in [0, 0.1) is 5.92 Å². The summed E-state index contributed by atoms with van der Waals surface area (Å²) in [7, 11) is 1.65. The van der Waals surface area contributed by atoms with Crippen molar-refractivity contribution in [1.29, 1.82) is 0 Å². The highest BCUT2D eigenvalue weighted by atomic mass is 16.7. The van der Waals surface area contributed by atoms with Crippen molar-refractivity contribution < 1.29 is 23.7 Å². The fraction of sp³-hybridized carbons (Fsp3) is 0.455. The Morgan fingerprint density at radius 3 is 2.37 bits per heavy atom. The van der Waals surface area contributed by atoms with Gasteiger partial charge in [-0.3, -0.25) is 0 Å². The Bertz CT molecular complexity index is 701. The molecule has 4 rings (SSSR count). The van der Waals surface area contributed by atoms with Gasteiger partial charge in [-0.15, -0.1) is 0 Å². The summed E-state index contributed by atoms with van der Waals surface area (Å²) >= 11 is 0. The van der Waals surface area contributed by atoms with Crippen LogP contribution in [0.15, 0.2) is 60.7 Å². The summed E-state index contributed by atoms with van der Waals surface area (Å²) in [6.07, 6.45) is -1.32. The molecule has 5 nitrogen and oxygen atoms in total. The Hall–Kier alpha value is -1.76. The molecule has 2 aliphatic rings. The highest BCUT2D eigenvalue weighted by molar-refractivity contribution is 5.17. The van der Waals surface area contributed by atoms with Crippen LogP contribution in [0.3, 0.4) is 0 Å². The molecule has 27 heavy (non-hydrogen) atoms. The smallest absolute Gasteiger partial charge is 0.184 e. The van der Waals surface area contributed by atoms with E-state index in [1.54, 1.807) is 7.11 Å². The maximum atomic E-state index is 6.28. The summed E-state index contributed by atoms with van der Waals surface area (Å²) in [6, 6.07) is 20.1. The van der Waals surface area contributed by atoms with Crippen molar-refractivity contribution in [3.63, 3.8) is 0 Å². The van der Waals surface area contributed by atoms with Gasteiger partial charge in [-0.05, 0) is 5.56 Å². The molecule has 0 amide bonds. The first-order valence-corrected chi connectivity index (χ1v) is 9.42. The molecule has 2 saturated heterocycles. The van der Waals surface area contributed by atoms with Gasteiger partial charge >= 0.3 is 0 Å². The van der Waals surface area contributed by atoms with Crippen LogP contribution in [0.25, 0.3) is 0 Å². The SMILES string of the molecule is CO[C@H]1O[C@@H]2COC(c3ccccc3)O[C@H]2[C@H](C)[C@H]1OCc1ccccc1. The highest BCUT2D eigenvalue weighted by Gasteiger charge is 2.48. The molecule has 0 aliphatic carbocycles. The summed E-state index contributed by atoms with van der Waals surface area (Å²) in [5.74, 6) is 0.104. The van der Waals surface area contributed by atoms with E-state index in [1.807, 2.05) is 48.5 Å². The summed E-state index contributed by atoms with van der Waals surface area (Å²) in [5, 5.41) is 0. The van der Waals surface area contributed by atoms with E-state index in [2.05, 4.69) is 19.1 Å². The molecule has 2 heterocycles. The molecule has 0 saturated carbocycles. The standard InChI is InChI=1S/C22H26O5/c1-15-19-18(14-25-21(27-19)17-11-7-4-8-12-17)26-22(23-2)20(15)24-13-16-9-5-3-6-10-16/h3-12,15,18-22H,13-14H2,1-2H3/t15-,18+,19-,20+,21?,22-/m0/s1. The topological polar surface area (TPSA) is 46.2 Å². The molecule has 0 radical (unpaired) electrons. The van der Waals surface area contributed by atoms with Crippen LogP contribution in [0.4, 0.5) is 0 Å². The predicted octanol–water partition coefficient (Wildman–Crippen LogP) is 3.69. The van der Waals surface area contributed by atoms with E-state index in [1.165, 1.54) is 0 Å². The molecule has 5 heteroatoms. The zero-order valence-corrected chi connectivity index (χ0v) is 15.7. The van der Waals surface area contributed by atoms with E-state index in [4.69, 9.17) is 23.7 Å². The monoisotopic (exact) mass is 370 g/mol. The lowest BCUT2D eigenvalue weighted by atomic mass is 9.89. The molecule has 0 aromatic heterocycles. The zero-order chi connectivity index (χ0) is 18.6. The molecule has 2 aromatic rings. The van der Waals surface area contributed by atoms with Crippen LogP contribution in [0.1, 0.15) is 24.3 Å². The second-order valence-electron chi connectivity index (χ2n) is 7.08. The number of ether oxygens (including phenoxy) is 5. The lowest BCUT2D eigenvalue weighted by molar-refractivity contribution is -0.354. The fourth-order valence-electron chi connectivity index (χ4n) is 3.78. The van der Waals surface area contributed by atoms with Crippen LogP contribution in [-0.4, -0.2) is 38.3 Å². The van der Waals surface area contributed by atoms with Crippen molar-refractivity contribution in [2.45, 2.75) is 44.4 Å². The van der Waals surface area contributed by atoms with Gasteiger partial charge in [0, 0.05) is 18.6 Å². The van der Waals surface area contributed by atoms with Crippen LogP contribution < -0.4 is 0 Å². The Morgan fingerprint density at radius 2 is 1.67 bits per heavy atom. The average molecular weight is 370 g/mol. The van der Waals surface area contributed by atoms with Crippen LogP contribution >= 0.6 is 0 Å². The molecule has 1 unspecified atom stereocenters. The van der Waals surface area contributed by atoms with Crippen molar-refractivity contribution in [2.75, 3.05) is 13.7 Å². The molecule has 2 fully saturated rings. The van der Waals surface area contributed by atoms with E-state index in [0.29, 0.717) is 13.2 Å². The molecule has 2 aromatic carbocycles. The molecule has 0 spiro atoms. The summed E-state index contributed by atoms with van der Waals surface area (Å²) in [4.78, 5) is 0. The summed E-state index contributed by atoms with van der Waals surface area (Å²) in [5.41, 5.74) is 2.13. The Labute approximate surface area is 160 Å². The van der Waals surface area contributed by atoms with E-state index < -0.39 is 6.29 Å². The van der Waals surface area contributed by atoms with E-state index in [9.17, 15) is 0 Å². The summed E-state index contributed by atoms with van der Waals surface area (Å²) in [6.45, 7) is 3.12. The first-order valence-electron chi connectivity index (χ1n) is 9.42. The van der Waals surface area contributed by atoms with Crippen LogP contribution in [0.2, 0.25) is 0 Å². The second kappa shape index (κ2) is 8.50. The highest BCUT2D eigenvalue weighted by Crippen LogP contribution is 2.38. The van der Waals surface area contributed by atoms with Gasteiger partial charge < -0.3 is 23.7 Å². The average Bonchev–Trinajstić information content (AvgIpc) is 2.74. The lowest BCUT2D eigenvalue weighted by Gasteiger charge is -2.48. The van der Waals surface area contributed by atoms with Gasteiger partial charge in [0.2, 0.25) is 0 Å². The number of hydrogen-bond donors (Lipinski definition) is 0. The molecule has 0 bridgehead atoms. The maximum Gasteiger partial charge on any atom is 0.184 e. The number of benzene rings is 2. The van der Waals surface area contributed by atoms with E-state index in [0.717, 1.165) is 11.1 Å². The van der Waals surface area contributed by atoms with Gasteiger partial charge in [-0.2, -0.15) is 0 Å². The third-order valence-corrected chi connectivity index (χ3v) is 5.26. The fourth-order valence-corrected chi connectivity index (χ4v) is 3.78. The number of methoxy groups -OCH3 is 1. The van der Waals surface area contributed by atoms with Gasteiger partial charge in [-0.1, -0.05) is 67.6 Å². The summed E-state index contributed by atoms with van der Waals surface area (Å²) < 4.78 is 30.0. The van der Waals surface area contributed by atoms with Crippen molar-refractivity contribution in [1.82, 2.24) is 0 Å². The molecular weight excluding hydrogens is 344 g/mol. The number of hydrogen-bond acceptors (Lipinski definition) is 5. The second-order valence-corrected chi connectivity index (χ2v) is 7.08. The third-order valence-electron chi connectivity index (χ3n) is 5.26. The predicted molar refractivity (Wildman–Crippen MR) is 99.9 cm³/mol. The largest absolute Gasteiger partial charge is 0.368 e. The van der Waals surface area contributed by atoms with Crippen molar-refractivity contribution >= 4 is 0 Å². The molecule has 144 valence electrons. The van der Waals surface area contributed by atoms with Crippen molar-refractivity contribution in [2.24, 2.45) is 5.92 Å². The van der Waals surface area contributed by atoms with Gasteiger partial charge in [0.05, 0.1) is 19.3 Å². The first kappa shape index (κ1) is 18.6. The Kier molecular flexibility index (Phi) is 5.86. The van der Waals surface area contributed by atoms with Gasteiger partial charge in [0.1, 0.15) is 12.2 Å². The Morgan fingerprint density at radius 1 is 0.963 bits per heavy atom. The molecule has 0 N–H and O–H groups in total. The van der Waals surface area contributed by atoms with Crippen molar-refractivity contribution in [3.05, 3.63) is 71.8 Å². The maximum absolute atomic E-state index is 6.28. The molecular formula is C22H26O5. The minimum absolute atomic E-state index is 0.104. The van der Waals surface area contributed by atoms with Gasteiger partial charge in [0.25, 0.3) is 0 Å². The van der Waals surface area contributed by atoms with Crippen LogP contribution in [0.5, 0.6) is 0 Å². The molecule has 6 atom stereocenters. The van der Waals surface area contributed by atoms with Crippen molar-refractivity contribution in [3.8, 4) is 0 Å². The normalized spacial score (nSPS) is 33.4. The van der Waals surface area contributed by atoms with E-state index >= 15 is 0 Å². The quantitative estimate of drug-likeness (QED) is 0.803. The van der Waals surface area contributed by atoms with Crippen LogP contribution in [-0.2, 0) is 30.3 Å². The van der Waals surface area contributed by atoms with Gasteiger partial charge in [-0.25, -0.2) is 0 Å². The van der Waals surface area contributed by atoms with Gasteiger partial charge in [0.15, 0.2) is 12.6 Å². The minimum atomic E-state index is -0.439. The first-order chi connectivity index (χ1) is 13.3. The minimum Gasteiger partial charge on any atom is -0.368 e. The third kappa shape index (κ3) is 4.08. The lowest BCUT2D eigenvalue weighted by Crippen LogP contribution is -2.59. The molecule has 2 aliphatic heterocycles. The zero-order valence-electron chi connectivity index (χ0n) is 15.7. The Balaban J connectivity index is 1.46. The van der Waals surface area contributed by atoms with E-state index in [-0.39, 0.29) is 30.5 Å². The number of fused-ring (bicyclic) bond motifs is 1.